The highest BCUT2D eigenvalue weighted by Gasteiger charge is 2.37. The van der Waals surface area contributed by atoms with Gasteiger partial charge in [0.2, 0.25) is 16.0 Å². The minimum absolute atomic E-state index is 0.161. The summed E-state index contributed by atoms with van der Waals surface area (Å²) in [5, 5.41) is 2.93. The van der Waals surface area contributed by atoms with E-state index in [-0.39, 0.29) is 10.9 Å². The molecule has 2 rings (SSSR count). The molecule has 1 aromatic rings. The standard InChI is InChI=1S/C11H18N4O2S/c1-3-12-11-13-7-10(8-14-11)18(16,17)15(4-2)9-5-6-9/h7-9H,3-6H2,1-2H3,(H,12,13,14). The average Bonchev–Trinajstić information content (AvgIpc) is 3.15. The maximum Gasteiger partial charge on any atom is 0.246 e. The van der Waals surface area contributed by atoms with Gasteiger partial charge in [-0.25, -0.2) is 18.4 Å². The summed E-state index contributed by atoms with van der Waals surface area (Å²) in [4.78, 5) is 8.17. The molecule has 1 saturated carbocycles. The summed E-state index contributed by atoms with van der Waals surface area (Å²) in [6, 6.07) is 0.161. The van der Waals surface area contributed by atoms with Crippen molar-refractivity contribution in [3.05, 3.63) is 12.4 Å². The van der Waals surface area contributed by atoms with Crippen LogP contribution in [0, 0.1) is 0 Å². The first-order chi connectivity index (χ1) is 8.59. The van der Waals surface area contributed by atoms with E-state index in [1.165, 1.54) is 16.7 Å². The number of nitrogens with zero attached hydrogens (tertiary/aromatic N) is 3. The van der Waals surface area contributed by atoms with Crippen molar-refractivity contribution in [2.45, 2.75) is 37.6 Å². The smallest absolute Gasteiger partial charge is 0.246 e. The van der Waals surface area contributed by atoms with Crippen molar-refractivity contribution in [1.82, 2.24) is 14.3 Å². The molecule has 1 aliphatic rings. The molecule has 0 spiro atoms. The molecular weight excluding hydrogens is 252 g/mol. The van der Waals surface area contributed by atoms with Crippen LogP contribution in [0.25, 0.3) is 0 Å². The Balaban J connectivity index is 2.23. The van der Waals surface area contributed by atoms with E-state index in [0.717, 1.165) is 12.8 Å². The number of rotatable bonds is 6. The van der Waals surface area contributed by atoms with Gasteiger partial charge in [-0.2, -0.15) is 4.31 Å². The molecule has 0 amide bonds. The van der Waals surface area contributed by atoms with E-state index in [4.69, 9.17) is 0 Å². The Kier molecular flexibility index (Phi) is 3.82. The van der Waals surface area contributed by atoms with Crippen molar-refractivity contribution in [3.63, 3.8) is 0 Å². The number of hydrogen-bond donors (Lipinski definition) is 1. The molecule has 6 nitrogen and oxygen atoms in total. The molecule has 0 atom stereocenters. The Labute approximate surface area is 107 Å². The van der Waals surface area contributed by atoms with Crippen molar-refractivity contribution < 1.29 is 8.42 Å². The molecule has 0 aliphatic heterocycles. The summed E-state index contributed by atoms with van der Waals surface area (Å²) < 4.78 is 26.2. The van der Waals surface area contributed by atoms with Crippen LogP contribution in [0.15, 0.2) is 17.3 Å². The van der Waals surface area contributed by atoms with Crippen LogP contribution in [-0.4, -0.2) is 41.8 Å². The van der Waals surface area contributed by atoms with Crippen LogP contribution in [0.1, 0.15) is 26.7 Å². The molecule has 1 aromatic heterocycles. The molecule has 7 heteroatoms. The van der Waals surface area contributed by atoms with Crippen LogP contribution in [0.4, 0.5) is 5.95 Å². The Morgan fingerprint density at radius 3 is 2.39 bits per heavy atom. The third kappa shape index (κ3) is 2.62. The number of anilines is 1. The van der Waals surface area contributed by atoms with Crippen LogP contribution in [0.5, 0.6) is 0 Å². The van der Waals surface area contributed by atoms with Gasteiger partial charge in [0.05, 0.1) is 12.4 Å². The summed E-state index contributed by atoms with van der Waals surface area (Å²) in [5.41, 5.74) is 0. The zero-order valence-electron chi connectivity index (χ0n) is 10.6. The van der Waals surface area contributed by atoms with Crippen LogP contribution in [0.3, 0.4) is 0 Å². The fourth-order valence-corrected chi connectivity index (χ4v) is 3.41. The molecule has 1 heterocycles. The molecule has 0 unspecified atom stereocenters. The van der Waals surface area contributed by atoms with Crippen molar-refractivity contribution in [3.8, 4) is 0 Å². The summed E-state index contributed by atoms with van der Waals surface area (Å²) in [6.07, 6.45) is 4.63. The summed E-state index contributed by atoms with van der Waals surface area (Å²) in [6.45, 7) is 4.97. The van der Waals surface area contributed by atoms with Crippen molar-refractivity contribution in [2.75, 3.05) is 18.4 Å². The molecule has 0 saturated heterocycles. The SMILES string of the molecule is CCNc1ncc(S(=O)(=O)N(CC)C2CC2)cn1. The van der Waals surface area contributed by atoms with Crippen molar-refractivity contribution in [1.29, 1.82) is 0 Å². The number of nitrogens with one attached hydrogen (secondary N) is 1. The zero-order chi connectivity index (χ0) is 13.2. The lowest BCUT2D eigenvalue weighted by Crippen LogP contribution is -2.33. The lowest BCUT2D eigenvalue weighted by atomic mass is 10.6. The third-order valence-electron chi connectivity index (χ3n) is 2.84. The highest BCUT2D eigenvalue weighted by Crippen LogP contribution is 2.31. The molecule has 0 aromatic carbocycles. The Morgan fingerprint density at radius 2 is 1.94 bits per heavy atom. The van der Waals surface area contributed by atoms with E-state index < -0.39 is 10.0 Å². The van der Waals surface area contributed by atoms with Gasteiger partial charge in [0, 0.05) is 19.1 Å². The second-order valence-corrected chi connectivity index (χ2v) is 6.10. The van der Waals surface area contributed by atoms with Crippen molar-refractivity contribution in [2.24, 2.45) is 0 Å². The van der Waals surface area contributed by atoms with Gasteiger partial charge < -0.3 is 5.32 Å². The van der Waals surface area contributed by atoms with Gasteiger partial charge in [0.1, 0.15) is 4.90 Å². The monoisotopic (exact) mass is 270 g/mol. The fourth-order valence-electron chi connectivity index (χ4n) is 1.82. The minimum atomic E-state index is -3.44. The Morgan fingerprint density at radius 1 is 1.33 bits per heavy atom. The van der Waals surface area contributed by atoms with E-state index in [2.05, 4.69) is 15.3 Å². The predicted octanol–water partition coefficient (Wildman–Crippen LogP) is 1.08. The van der Waals surface area contributed by atoms with Gasteiger partial charge in [0.15, 0.2) is 0 Å². The third-order valence-corrected chi connectivity index (χ3v) is 4.82. The summed E-state index contributed by atoms with van der Waals surface area (Å²) >= 11 is 0. The second-order valence-electron chi connectivity index (χ2n) is 4.21. The number of aromatic nitrogens is 2. The van der Waals surface area contributed by atoms with E-state index in [9.17, 15) is 8.42 Å². The zero-order valence-corrected chi connectivity index (χ0v) is 11.4. The van der Waals surface area contributed by atoms with Gasteiger partial charge in [0.25, 0.3) is 0 Å². The first-order valence-electron chi connectivity index (χ1n) is 6.17. The van der Waals surface area contributed by atoms with Crippen LogP contribution in [-0.2, 0) is 10.0 Å². The predicted molar refractivity (Wildman–Crippen MR) is 68.8 cm³/mol. The Hall–Kier alpha value is -1.21. The van der Waals surface area contributed by atoms with Gasteiger partial charge in [-0.05, 0) is 19.8 Å². The van der Waals surface area contributed by atoms with E-state index in [1.807, 2.05) is 13.8 Å². The maximum atomic E-state index is 12.3. The first kappa shape index (κ1) is 13.2. The molecule has 100 valence electrons. The highest BCUT2D eigenvalue weighted by molar-refractivity contribution is 7.89. The maximum absolute atomic E-state index is 12.3. The lowest BCUT2D eigenvalue weighted by molar-refractivity contribution is 0.420. The number of sulfonamides is 1. The summed E-state index contributed by atoms with van der Waals surface area (Å²) in [5.74, 6) is 0.450. The molecule has 1 aliphatic carbocycles. The van der Waals surface area contributed by atoms with E-state index in [0.29, 0.717) is 19.0 Å². The quantitative estimate of drug-likeness (QED) is 0.837. The molecule has 0 bridgehead atoms. The molecule has 0 radical (unpaired) electrons. The molecular formula is C11H18N4O2S. The average molecular weight is 270 g/mol. The Bertz CT molecular complexity index is 496. The van der Waals surface area contributed by atoms with Crippen LogP contribution >= 0.6 is 0 Å². The van der Waals surface area contributed by atoms with Gasteiger partial charge >= 0.3 is 0 Å². The van der Waals surface area contributed by atoms with Crippen LogP contribution < -0.4 is 5.32 Å². The summed E-state index contributed by atoms with van der Waals surface area (Å²) in [7, 11) is -3.44. The van der Waals surface area contributed by atoms with Gasteiger partial charge in [-0.15, -0.1) is 0 Å². The fraction of sp³-hybridized carbons (Fsp3) is 0.636. The van der Waals surface area contributed by atoms with Gasteiger partial charge in [-0.1, -0.05) is 6.92 Å². The first-order valence-corrected chi connectivity index (χ1v) is 7.61. The second kappa shape index (κ2) is 5.19. The van der Waals surface area contributed by atoms with Crippen molar-refractivity contribution >= 4 is 16.0 Å². The largest absolute Gasteiger partial charge is 0.355 e. The van der Waals surface area contributed by atoms with E-state index in [1.54, 1.807) is 0 Å². The van der Waals surface area contributed by atoms with Gasteiger partial charge in [-0.3, -0.25) is 0 Å². The van der Waals surface area contributed by atoms with Crippen LogP contribution in [0.2, 0.25) is 0 Å². The van der Waals surface area contributed by atoms with E-state index >= 15 is 0 Å². The highest BCUT2D eigenvalue weighted by atomic mass is 32.2. The molecule has 18 heavy (non-hydrogen) atoms. The molecule has 1 N–H and O–H groups in total. The lowest BCUT2D eigenvalue weighted by Gasteiger charge is -2.19. The molecule has 1 fully saturated rings. The topological polar surface area (TPSA) is 75.2 Å². The number of hydrogen-bond acceptors (Lipinski definition) is 5. The normalized spacial score (nSPS) is 15.9. The minimum Gasteiger partial charge on any atom is -0.355 e.